The number of halogens is 3. The SMILES string of the molecule is CCC(=O)Oc1ccccc1COc1cc(C(F)(F)F)nc(OC(C)C)n1. The van der Waals surface area contributed by atoms with Crippen LogP contribution in [0, 0.1) is 0 Å². The number of para-hydroxylation sites is 1. The van der Waals surface area contributed by atoms with E-state index in [2.05, 4.69) is 9.97 Å². The molecule has 0 saturated heterocycles. The molecular formula is C18H19F3N2O4. The highest BCUT2D eigenvalue weighted by atomic mass is 19.4. The van der Waals surface area contributed by atoms with Crippen LogP contribution in [0.4, 0.5) is 13.2 Å². The lowest BCUT2D eigenvalue weighted by molar-refractivity contribution is -0.141. The Balaban J connectivity index is 2.23. The number of ether oxygens (including phenoxy) is 3. The Morgan fingerprint density at radius 1 is 1.19 bits per heavy atom. The van der Waals surface area contributed by atoms with E-state index in [1.54, 1.807) is 45.0 Å². The van der Waals surface area contributed by atoms with Gasteiger partial charge in [-0.05, 0) is 19.9 Å². The largest absolute Gasteiger partial charge is 0.472 e. The Morgan fingerprint density at radius 2 is 1.89 bits per heavy atom. The summed E-state index contributed by atoms with van der Waals surface area (Å²) in [6.07, 6.45) is -4.90. The fourth-order valence-electron chi connectivity index (χ4n) is 1.96. The fraction of sp³-hybridized carbons (Fsp3) is 0.389. The molecule has 0 amide bonds. The third-order valence-electron chi connectivity index (χ3n) is 3.17. The Morgan fingerprint density at radius 3 is 2.52 bits per heavy atom. The lowest BCUT2D eigenvalue weighted by Crippen LogP contribution is -2.14. The second-order valence-corrected chi connectivity index (χ2v) is 5.76. The van der Waals surface area contributed by atoms with Gasteiger partial charge in [0.1, 0.15) is 12.4 Å². The van der Waals surface area contributed by atoms with Gasteiger partial charge in [-0.1, -0.05) is 25.1 Å². The van der Waals surface area contributed by atoms with Crippen molar-refractivity contribution in [2.24, 2.45) is 0 Å². The lowest BCUT2D eigenvalue weighted by atomic mass is 10.2. The number of esters is 1. The average Bonchev–Trinajstić information content (AvgIpc) is 2.59. The van der Waals surface area contributed by atoms with E-state index < -0.39 is 30.0 Å². The van der Waals surface area contributed by atoms with Crippen molar-refractivity contribution in [1.82, 2.24) is 9.97 Å². The Kier molecular flexibility index (Phi) is 6.59. The molecule has 0 N–H and O–H groups in total. The number of alkyl halides is 3. The Labute approximate surface area is 154 Å². The monoisotopic (exact) mass is 384 g/mol. The molecule has 2 rings (SSSR count). The number of benzene rings is 1. The molecule has 0 bridgehead atoms. The highest BCUT2D eigenvalue weighted by Gasteiger charge is 2.34. The molecule has 1 aromatic heterocycles. The number of hydrogen-bond donors (Lipinski definition) is 0. The summed E-state index contributed by atoms with van der Waals surface area (Å²) < 4.78 is 54.8. The van der Waals surface area contributed by atoms with Crippen molar-refractivity contribution in [3.63, 3.8) is 0 Å². The normalized spacial score (nSPS) is 11.4. The van der Waals surface area contributed by atoms with Gasteiger partial charge in [0.2, 0.25) is 5.88 Å². The van der Waals surface area contributed by atoms with Crippen LogP contribution in [-0.4, -0.2) is 22.0 Å². The predicted molar refractivity (Wildman–Crippen MR) is 89.5 cm³/mol. The first-order chi connectivity index (χ1) is 12.7. The number of nitrogens with zero attached hydrogens (tertiary/aromatic N) is 2. The molecule has 2 aromatic rings. The molecule has 0 saturated carbocycles. The molecule has 0 aliphatic rings. The van der Waals surface area contributed by atoms with Gasteiger partial charge in [-0.25, -0.2) is 0 Å². The smallest absolute Gasteiger partial charge is 0.433 e. The van der Waals surface area contributed by atoms with E-state index in [1.807, 2.05) is 0 Å². The molecule has 27 heavy (non-hydrogen) atoms. The quantitative estimate of drug-likeness (QED) is 0.527. The second-order valence-electron chi connectivity index (χ2n) is 5.76. The van der Waals surface area contributed by atoms with Gasteiger partial charge in [-0.2, -0.15) is 23.1 Å². The molecule has 0 aliphatic carbocycles. The summed E-state index contributed by atoms with van der Waals surface area (Å²) in [6.45, 7) is 4.78. The molecule has 0 unspecified atom stereocenters. The molecule has 0 atom stereocenters. The van der Waals surface area contributed by atoms with Crippen molar-refractivity contribution < 1.29 is 32.2 Å². The van der Waals surface area contributed by atoms with Gasteiger partial charge in [0.05, 0.1) is 6.10 Å². The van der Waals surface area contributed by atoms with Crippen molar-refractivity contribution in [2.75, 3.05) is 0 Å². The van der Waals surface area contributed by atoms with E-state index in [0.717, 1.165) is 0 Å². The Bertz CT molecular complexity index is 794. The summed E-state index contributed by atoms with van der Waals surface area (Å²) in [6, 6.07) is 6.82. The molecule has 1 aromatic carbocycles. The zero-order valence-electron chi connectivity index (χ0n) is 15.0. The molecule has 1 heterocycles. The maximum atomic E-state index is 13.0. The summed E-state index contributed by atoms with van der Waals surface area (Å²) in [7, 11) is 0. The topological polar surface area (TPSA) is 70.5 Å². The van der Waals surface area contributed by atoms with Gasteiger partial charge < -0.3 is 14.2 Å². The summed E-state index contributed by atoms with van der Waals surface area (Å²) in [5.41, 5.74) is -0.688. The summed E-state index contributed by atoms with van der Waals surface area (Å²) in [4.78, 5) is 18.7. The summed E-state index contributed by atoms with van der Waals surface area (Å²) in [5, 5.41) is 0. The molecule has 0 spiro atoms. The van der Waals surface area contributed by atoms with E-state index in [4.69, 9.17) is 14.2 Å². The third kappa shape index (κ3) is 6.12. The third-order valence-corrected chi connectivity index (χ3v) is 3.17. The predicted octanol–water partition coefficient (Wildman–Crippen LogP) is 4.18. The van der Waals surface area contributed by atoms with Crippen LogP contribution in [0.15, 0.2) is 30.3 Å². The zero-order valence-corrected chi connectivity index (χ0v) is 15.0. The van der Waals surface area contributed by atoms with Crippen LogP contribution in [0.3, 0.4) is 0 Å². The van der Waals surface area contributed by atoms with Gasteiger partial charge in [0.25, 0.3) is 0 Å². The summed E-state index contributed by atoms with van der Waals surface area (Å²) >= 11 is 0. The van der Waals surface area contributed by atoms with Crippen LogP contribution in [0.2, 0.25) is 0 Å². The second kappa shape index (κ2) is 8.70. The van der Waals surface area contributed by atoms with Gasteiger partial charge in [-0.15, -0.1) is 0 Å². The van der Waals surface area contributed by atoms with Gasteiger partial charge >= 0.3 is 18.2 Å². The molecule has 0 aliphatic heterocycles. The van der Waals surface area contributed by atoms with E-state index in [1.165, 1.54) is 0 Å². The molecule has 9 heteroatoms. The van der Waals surface area contributed by atoms with Crippen molar-refractivity contribution in [2.45, 2.75) is 46.1 Å². The Hall–Kier alpha value is -2.84. The number of rotatable bonds is 7. The van der Waals surface area contributed by atoms with Gasteiger partial charge in [-0.3, -0.25) is 4.79 Å². The standard InChI is InChI=1S/C18H19F3N2O4/c1-4-16(24)27-13-8-6-5-7-12(13)10-25-15-9-14(18(19,20)21)22-17(23-15)26-11(2)3/h5-9,11H,4,10H2,1-3H3. The number of carbonyl (C=O) groups is 1. The minimum atomic E-state index is -4.68. The van der Waals surface area contributed by atoms with E-state index in [0.29, 0.717) is 11.6 Å². The maximum absolute atomic E-state index is 13.0. The van der Waals surface area contributed by atoms with Gasteiger partial charge in [0, 0.05) is 18.1 Å². The number of aromatic nitrogens is 2. The minimum Gasteiger partial charge on any atom is -0.472 e. The van der Waals surface area contributed by atoms with Crippen LogP contribution < -0.4 is 14.2 Å². The summed E-state index contributed by atoms with van der Waals surface area (Å²) in [5.74, 6) is -0.464. The highest BCUT2D eigenvalue weighted by molar-refractivity contribution is 5.72. The minimum absolute atomic E-state index is 0.150. The fourth-order valence-corrected chi connectivity index (χ4v) is 1.96. The first kappa shape index (κ1) is 20.5. The molecule has 0 fully saturated rings. The zero-order chi connectivity index (χ0) is 20.0. The van der Waals surface area contributed by atoms with E-state index in [-0.39, 0.29) is 24.7 Å². The van der Waals surface area contributed by atoms with E-state index >= 15 is 0 Å². The van der Waals surface area contributed by atoms with Crippen molar-refractivity contribution in [1.29, 1.82) is 0 Å². The average molecular weight is 384 g/mol. The molecule has 6 nitrogen and oxygen atoms in total. The number of hydrogen-bond acceptors (Lipinski definition) is 6. The molecule has 0 radical (unpaired) electrons. The lowest BCUT2D eigenvalue weighted by Gasteiger charge is -2.14. The molecular weight excluding hydrogens is 365 g/mol. The van der Waals surface area contributed by atoms with Crippen LogP contribution >= 0.6 is 0 Å². The highest BCUT2D eigenvalue weighted by Crippen LogP contribution is 2.31. The van der Waals surface area contributed by atoms with E-state index in [9.17, 15) is 18.0 Å². The van der Waals surface area contributed by atoms with Crippen molar-refractivity contribution in [3.8, 4) is 17.6 Å². The van der Waals surface area contributed by atoms with Gasteiger partial charge in [0.15, 0.2) is 5.69 Å². The number of carbonyl (C=O) groups excluding carboxylic acids is 1. The van der Waals surface area contributed by atoms with Crippen molar-refractivity contribution >= 4 is 5.97 Å². The van der Waals surface area contributed by atoms with Crippen LogP contribution in [0.1, 0.15) is 38.4 Å². The maximum Gasteiger partial charge on any atom is 0.433 e. The van der Waals surface area contributed by atoms with Crippen molar-refractivity contribution in [3.05, 3.63) is 41.6 Å². The van der Waals surface area contributed by atoms with Crippen LogP contribution in [-0.2, 0) is 17.6 Å². The van der Waals surface area contributed by atoms with Crippen LogP contribution in [0.5, 0.6) is 17.6 Å². The molecule has 146 valence electrons. The van der Waals surface area contributed by atoms with Crippen LogP contribution in [0.25, 0.3) is 0 Å². The first-order valence-corrected chi connectivity index (χ1v) is 8.23. The first-order valence-electron chi connectivity index (χ1n) is 8.23.